The van der Waals surface area contributed by atoms with Crippen molar-refractivity contribution in [2.24, 2.45) is 5.73 Å². The summed E-state index contributed by atoms with van der Waals surface area (Å²) in [5, 5.41) is 2.71. The molecule has 92 valence electrons. The van der Waals surface area contributed by atoms with E-state index in [0.717, 1.165) is 12.8 Å². The zero-order valence-corrected chi connectivity index (χ0v) is 9.43. The van der Waals surface area contributed by atoms with Crippen LogP contribution in [0.3, 0.4) is 0 Å². The molecule has 1 fully saturated rings. The molecule has 0 heterocycles. The molecule has 0 aliphatic heterocycles. The van der Waals surface area contributed by atoms with E-state index < -0.39 is 18.1 Å². The van der Waals surface area contributed by atoms with Gasteiger partial charge in [0.2, 0.25) is 11.8 Å². The van der Waals surface area contributed by atoms with Gasteiger partial charge in [-0.05, 0) is 25.7 Å². The monoisotopic (exact) mass is 230 g/mol. The van der Waals surface area contributed by atoms with Gasteiger partial charge in [0.05, 0.1) is 6.67 Å². The van der Waals surface area contributed by atoms with Crippen LogP contribution in [0.1, 0.15) is 44.9 Å². The second-order valence-corrected chi connectivity index (χ2v) is 4.35. The number of carbonyl (C=O) groups excluding carboxylic acids is 2. The van der Waals surface area contributed by atoms with Crippen molar-refractivity contribution >= 4 is 11.8 Å². The van der Waals surface area contributed by atoms with E-state index >= 15 is 0 Å². The molecule has 0 bridgehead atoms. The summed E-state index contributed by atoms with van der Waals surface area (Å²) < 4.78 is 11.8. The first-order valence-electron chi connectivity index (χ1n) is 5.77. The van der Waals surface area contributed by atoms with Crippen LogP contribution in [-0.2, 0) is 9.59 Å². The molecule has 4 nitrogen and oxygen atoms in total. The average Bonchev–Trinajstić information content (AvgIpc) is 2.68. The number of unbranched alkanes of at least 4 members (excludes halogenated alkanes) is 1. The third-order valence-corrected chi connectivity index (χ3v) is 3.09. The molecule has 0 atom stereocenters. The minimum atomic E-state index is -0.840. The van der Waals surface area contributed by atoms with Gasteiger partial charge in [0.25, 0.3) is 0 Å². The van der Waals surface area contributed by atoms with Crippen LogP contribution in [0.4, 0.5) is 4.39 Å². The number of alkyl halides is 1. The summed E-state index contributed by atoms with van der Waals surface area (Å²) in [6, 6.07) is 0. The predicted octanol–water partition coefficient (Wildman–Crippen LogP) is 1.04. The second kappa shape index (κ2) is 5.82. The molecule has 2 amide bonds. The highest BCUT2D eigenvalue weighted by Crippen LogP contribution is 2.29. The molecule has 1 saturated carbocycles. The molecule has 1 aliphatic carbocycles. The van der Waals surface area contributed by atoms with Crippen molar-refractivity contribution in [3.05, 3.63) is 0 Å². The van der Waals surface area contributed by atoms with Crippen LogP contribution in [0.2, 0.25) is 0 Å². The lowest BCUT2D eigenvalue weighted by molar-refractivity contribution is -0.131. The number of hydrogen-bond donors (Lipinski definition) is 2. The van der Waals surface area contributed by atoms with Crippen LogP contribution in [0.5, 0.6) is 0 Å². The number of amides is 2. The van der Waals surface area contributed by atoms with Crippen LogP contribution in [-0.4, -0.2) is 24.0 Å². The fourth-order valence-electron chi connectivity index (χ4n) is 2.12. The van der Waals surface area contributed by atoms with Crippen LogP contribution in [0, 0.1) is 0 Å². The van der Waals surface area contributed by atoms with Crippen molar-refractivity contribution in [2.45, 2.75) is 50.5 Å². The van der Waals surface area contributed by atoms with Gasteiger partial charge < -0.3 is 11.1 Å². The van der Waals surface area contributed by atoms with Crippen LogP contribution < -0.4 is 11.1 Å². The van der Waals surface area contributed by atoms with Crippen molar-refractivity contribution in [1.82, 2.24) is 5.32 Å². The Labute approximate surface area is 94.8 Å². The van der Waals surface area contributed by atoms with Gasteiger partial charge in [0.1, 0.15) is 5.54 Å². The maximum absolute atomic E-state index is 11.8. The Morgan fingerprint density at radius 1 is 1.25 bits per heavy atom. The number of primary amides is 1. The first kappa shape index (κ1) is 12.9. The Kier molecular flexibility index (Phi) is 4.71. The van der Waals surface area contributed by atoms with Gasteiger partial charge in [-0.15, -0.1) is 0 Å². The Balaban J connectivity index is 2.43. The van der Waals surface area contributed by atoms with Crippen LogP contribution in [0.25, 0.3) is 0 Å². The van der Waals surface area contributed by atoms with Gasteiger partial charge in [-0.25, -0.2) is 0 Å². The van der Waals surface area contributed by atoms with Crippen LogP contribution in [0.15, 0.2) is 0 Å². The van der Waals surface area contributed by atoms with E-state index in [4.69, 9.17) is 5.73 Å². The maximum atomic E-state index is 11.8. The normalized spacial score (nSPS) is 18.3. The fraction of sp³-hybridized carbons (Fsp3) is 0.818. The smallest absolute Gasteiger partial charge is 0.243 e. The quantitative estimate of drug-likeness (QED) is 0.669. The fourth-order valence-corrected chi connectivity index (χ4v) is 2.12. The molecule has 0 saturated heterocycles. The average molecular weight is 230 g/mol. The Bertz CT molecular complexity index is 263. The summed E-state index contributed by atoms with van der Waals surface area (Å²) in [4.78, 5) is 22.9. The Morgan fingerprint density at radius 2 is 1.88 bits per heavy atom. The lowest BCUT2D eigenvalue weighted by Gasteiger charge is -2.26. The summed E-state index contributed by atoms with van der Waals surface area (Å²) in [7, 11) is 0. The zero-order chi connectivity index (χ0) is 12.0. The van der Waals surface area contributed by atoms with Gasteiger partial charge in [0, 0.05) is 6.42 Å². The van der Waals surface area contributed by atoms with Gasteiger partial charge in [-0.3, -0.25) is 14.0 Å². The molecule has 1 aliphatic rings. The van der Waals surface area contributed by atoms with Crippen LogP contribution >= 0.6 is 0 Å². The van der Waals surface area contributed by atoms with E-state index in [1.807, 2.05) is 0 Å². The van der Waals surface area contributed by atoms with Crippen molar-refractivity contribution in [2.75, 3.05) is 6.67 Å². The molecule has 3 N–H and O–H groups in total. The summed E-state index contributed by atoms with van der Waals surface area (Å²) in [5.74, 6) is -0.655. The number of halogens is 1. The molecule has 1 rings (SSSR count). The minimum Gasteiger partial charge on any atom is -0.368 e. The van der Waals surface area contributed by atoms with Gasteiger partial charge >= 0.3 is 0 Å². The summed E-state index contributed by atoms with van der Waals surface area (Å²) >= 11 is 0. The second-order valence-electron chi connectivity index (χ2n) is 4.35. The first-order valence-corrected chi connectivity index (χ1v) is 5.77. The van der Waals surface area contributed by atoms with Crippen molar-refractivity contribution < 1.29 is 14.0 Å². The lowest BCUT2D eigenvalue weighted by Crippen LogP contribution is -2.55. The molecule has 0 aromatic rings. The van der Waals surface area contributed by atoms with Gasteiger partial charge in [0.15, 0.2) is 0 Å². The van der Waals surface area contributed by atoms with E-state index in [9.17, 15) is 14.0 Å². The molecule has 0 aromatic heterocycles. The Hall–Kier alpha value is -1.13. The summed E-state index contributed by atoms with van der Waals surface area (Å²) in [6.45, 7) is -0.408. The molecule has 0 spiro atoms. The van der Waals surface area contributed by atoms with E-state index in [-0.39, 0.29) is 12.3 Å². The van der Waals surface area contributed by atoms with Gasteiger partial charge in [-0.1, -0.05) is 12.8 Å². The third kappa shape index (κ3) is 3.18. The third-order valence-electron chi connectivity index (χ3n) is 3.09. The SMILES string of the molecule is NC(=O)C1(NC(=O)CCCCF)CCCC1. The molecule has 0 aromatic carbocycles. The highest BCUT2D eigenvalue weighted by Gasteiger charge is 2.40. The standard InChI is InChI=1S/C11H19FN2O2/c12-8-4-1-5-9(15)14-11(10(13)16)6-2-3-7-11/h1-8H2,(H2,13,16)(H,14,15). The molecular formula is C11H19FN2O2. The number of carbonyl (C=O) groups is 2. The molecule has 16 heavy (non-hydrogen) atoms. The molecule has 0 radical (unpaired) electrons. The number of nitrogens with one attached hydrogen (secondary N) is 1. The summed E-state index contributed by atoms with van der Waals surface area (Å²) in [5.41, 5.74) is 4.48. The van der Waals surface area contributed by atoms with E-state index in [0.29, 0.717) is 25.7 Å². The molecule has 0 unspecified atom stereocenters. The van der Waals surface area contributed by atoms with Crippen molar-refractivity contribution in [3.63, 3.8) is 0 Å². The maximum Gasteiger partial charge on any atom is 0.243 e. The predicted molar refractivity (Wildman–Crippen MR) is 58.4 cm³/mol. The van der Waals surface area contributed by atoms with E-state index in [1.165, 1.54) is 0 Å². The lowest BCUT2D eigenvalue weighted by atomic mass is 9.96. The van der Waals surface area contributed by atoms with E-state index in [1.54, 1.807) is 0 Å². The largest absolute Gasteiger partial charge is 0.368 e. The number of nitrogens with two attached hydrogens (primary N) is 1. The summed E-state index contributed by atoms with van der Waals surface area (Å²) in [6.07, 6.45) is 4.23. The Morgan fingerprint density at radius 3 is 2.38 bits per heavy atom. The van der Waals surface area contributed by atoms with Crippen molar-refractivity contribution in [1.29, 1.82) is 0 Å². The topological polar surface area (TPSA) is 72.2 Å². The minimum absolute atomic E-state index is 0.200. The number of hydrogen-bond acceptors (Lipinski definition) is 2. The highest BCUT2D eigenvalue weighted by atomic mass is 19.1. The van der Waals surface area contributed by atoms with Gasteiger partial charge in [-0.2, -0.15) is 0 Å². The molecular weight excluding hydrogens is 211 g/mol. The molecule has 5 heteroatoms. The first-order chi connectivity index (χ1) is 7.60. The highest BCUT2D eigenvalue weighted by molar-refractivity contribution is 5.90. The zero-order valence-electron chi connectivity index (χ0n) is 9.43. The van der Waals surface area contributed by atoms with Crippen molar-refractivity contribution in [3.8, 4) is 0 Å². The van der Waals surface area contributed by atoms with E-state index in [2.05, 4.69) is 5.32 Å². The number of rotatable bonds is 6.